The molecule has 1 aromatic heterocycles. The molecule has 0 amide bonds. The van der Waals surface area contributed by atoms with Crippen LogP contribution in [0.5, 0.6) is 5.75 Å². The van der Waals surface area contributed by atoms with Crippen molar-refractivity contribution >= 4 is 23.3 Å². The van der Waals surface area contributed by atoms with Crippen LogP contribution in [0.25, 0.3) is 0 Å². The highest BCUT2D eigenvalue weighted by molar-refractivity contribution is 6.30. The first kappa shape index (κ1) is 18.0. The Morgan fingerprint density at radius 1 is 1.14 bits per heavy atom. The van der Waals surface area contributed by atoms with Gasteiger partial charge in [-0.3, -0.25) is 4.79 Å². The first-order valence-electron chi connectivity index (χ1n) is 9.55. The fourth-order valence-corrected chi connectivity index (χ4v) is 4.61. The Bertz CT molecular complexity index is 1150. The number of phenolic OH excluding ortho intramolecular Hbond substituents is 1. The topological polar surface area (TPSA) is 75.4 Å². The second-order valence-corrected chi connectivity index (χ2v) is 8.07. The van der Waals surface area contributed by atoms with Gasteiger partial charge in [-0.15, -0.1) is 0 Å². The highest BCUT2D eigenvalue weighted by atomic mass is 35.5. The molecule has 2 heterocycles. The Balaban J connectivity index is 1.62. The predicted octanol–water partition coefficient (Wildman–Crippen LogP) is 5.30. The van der Waals surface area contributed by atoms with Crippen molar-refractivity contribution in [3.63, 3.8) is 0 Å². The van der Waals surface area contributed by atoms with E-state index in [0.717, 1.165) is 33.7 Å². The zero-order valence-corrected chi connectivity index (χ0v) is 16.5. The van der Waals surface area contributed by atoms with E-state index in [1.165, 1.54) is 0 Å². The van der Waals surface area contributed by atoms with Gasteiger partial charge < -0.3 is 14.9 Å². The number of carbonyl (C=O) groups is 1. The maximum absolute atomic E-state index is 13.4. The molecular weight excluding hydrogens is 388 g/mol. The molecule has 146 valence electrons. The van der Waals surface area contributed by atoms with Gasteiger partial charge in [-0.25, -0.2) is 0 Å². The van der Waals surface area contributed by atoms with Crippen molar-refractivity contribution in [1.29, 1.82) is 0 Å². The lowest BCUT2D eigenvalue weighted by molar-refractivity contribution is -0.116. The number of allylic oxidation sites excluding steroid dienone is 2. The van der Waals surface area contributed by atoms with Crippen LogP contribution in [0.3, 0.4) is 0 Å². The number of ketones is 1. The summed E-state index contributed by atoms with van der Waals surface area (Å²) >= 11 is 6.02. The highest BCUT2D eigenvalue weighted by Crippen LogP contribution is 2.49. The van der Waals surface area contributed by atoms with Gasteiger partial charge in [-0.1, -0.05) is 41.0 Å². The number of nitrogens with one attached hydrogen (secondary N) is 1. The van der Waals surface area contributed by atoms with Crippen molar-refractivity contribution in [1.82, 2.24) is 5.16 Å². The van der Waals surface area contributed by atoms with Gasteiger partial charge in [-0.05, 0) is 54.7 Å². The summed E-state index contributed by atoms with van der Waals surface area (Å²) in [5, 5.41) is 18.1. The van der Waals surface area contributed by atoms with Crippen LogP contribution >= 0.6 is 11.6 Å². The zero-order chi connectivity index (χ0) is 20.1. The van der Waals surface area contributed by atoms with E-state index in [4.69, 9.17) is 16.1 Å². The summed E-state index contributed by atoms with van der Waals surface area (Å²) in [6, 6.07) is 14.7. The van der Waals surface area contributed by atoms with Gasteiger partial charge in [0, 0.05) is 28.6 Å². The predicted molar refractivity (Wildman–Crippen MR) is 110 cm³/mol. The summed E-state index contributed by atoms with van der Waals surface area (Å²) in [5.74, 6) is 0.596. The number of Topliss-reactive ketones (excluding diaryl/α,β-unsaturated/α-hetero) is 1. The lowest BCUT2D eigenvalue weighted by Gasteiger charge is -2.34. The van der Waals surface area contributed by atoms with Gasteiger partial charge in [0.25, 0.3) is 0 Å². The quantitative estimate of drug-likeness (QED) is 0.604. The monoisotopic (exact) mass is 406 g/mol. The van der Waals surface area contributed by atoms with E-state index in [1.54, 1.807) is 18.2 Å². The van der Waals surface area contributed by atoms with Crippen LogP contribution in [0.1, 0.15) is 47.1 Å². The number of hydrogen-bond acceptors (Lipinski definition) is 5. The molecule has 2 aromatic carbocycles. The number of hydrogen-bond donors (Lipinski definition) is 2. The maximum Gasteiger partial charge on any atom is 0.233 e. The minimum absolute atomic E-state index is 0.0708. The average molecular weight is 407 g/mol. The number of aromatic nitrogens is 1. The molecule has 2 N–H and O–H groups in total. The largest absolute Gasteiger partial charge is 0.508 e. The maximum atomic E-state index is 13.4. The molecule has 6 heteroatoms. The van der Waals surface area contributed by atoms with Crippen LogP contribution < -0.4 is 5.32 Å². The molecule has 5 rings (SSSR count). The van der Waals surface area contributed by atoms with Crippen LogP contribution in [-0.2, 0) is 4.79 Å². The normalized spacial score (nSPS) is 20.8. The Morgan fingerprint density at radius 2 is 1.93 bits per heavy atom. The number of nitrogens with zero attached hydrogens (tertiary/aromatic N) is 1. The Labute approximate surface area is 173 Å². The van der Waals surface area contributed by atoms with Gasteiger partial charge in [0.15, 0.2) is 5.78 Å². The molecule has 0 fully saturated rings. The summed E-state index contributed by atoms with van der Waals surface area (Å²) in [6.45, 7) is 1.87. The average Bonchev–Trinajstić information content (AvgIpc) is 3.07. The molecule has 29 heavy (non-hydrogen) atoms. The molecule has 5 nitrogen and oxygen atoms in total. The van der Waals surface area contributed by atoms with Crippen molar-refractivity contribution in [2.75, 3.05) is 5.32 Å². The third-order valence-corrected chi connectivity index (χ3v) is 6.05. The molecule has 0 saturated heterocycles. The van der Waals surface area contributed by atoms with E-state index in [9.17, 15) is 9.90 Å². The number of anilines is 1. The smallest absolute Gasteiger partial charge is 0.233 e. The van der Waals surface area contributed by atoms with E-state index < -0.39 is 0 Å². The molecule has 0 unspecified atom stereocenters. The minimum Gasteiger partial charge on any atom is -0.508 e. The van der Waals surface area contributed by atoms with Crippen molar-refractivity contribution in [3.05, 3.63) is 87.2 Å². The molecule has 3 aromatic rings. The van der Waals surface area contributed by atoms with Crippen molar-refractivity contribution in [3.8, 4) is 5.75 Å². The van der Waals surface area contributed by atoms with Crippen LogP contribution in [0, 0.1) is 6.92 Å². The van der Waals surface area contributed by atoms with Crippen LogP contribution in [0.2, 0.25) is 5.02 Å². The molecule has 1 aliphatic carbocycles. The Hall–Kier alpha value is -3.05. The number of aromatic hydroxyl groups is 1. The lowest BCUT2D eigenvalue weighted by Crippen LogP contribution is -2.29. The van der Waals surface area contributed by atoms with E-state index in [0.29, 0.717) is 23.7 Å². The fraction of sp³-hybridized carbons (Fsp3) is 0.217. The molecule has 2 atom stereocenters. The molecule has 0 saturated carbocycles. The van der Waals surface area contributed by atoms with E-state index in [-0.39, 0.29) is 23.4 Å². The minimum atomic E-state index is -0.307. The summed E-state index contributed by atoms with van der Waals surface area (Å²) in [7, 11) is 0. The number of carbonyl (C=O) groups excluding carboxylic acids is 1. The van der Waals surface area contributed by atoms with Gasteiger partial charge in [-0.2, -0.15) is 0 Å². The molecular formula is C23H19ClN2O3. The molecule has 1 aliphatic heterocycles. The Kier molecular flexibility index (Phi) is 4.21. The molecule has 0 spiro atoms. The number of fused-ring (bicyclic) bond motifs is 1. The lowest BCUT2D eigenvalue weighted by atomic mass is 9.72. The molecule has 0 bridgehead atoms. The number of phenols is 1. The first-order valence-corrected chi connectivity index (χ1v) is 9.93. The first-order chi connectivity index (χ1) is 14.0. The SMILES string of the molecule is Cc1noc2c1[C@H](c1cccc(O)c1)C1=C(C[C@@H](c3ccc(Cl)cc3)CC1=O)N2. The summed E-state index contributed by atoms with van der Waals surface area (Å²) < 4.78 is 5.52. The van der Waals surface area contributed by atoms with Gasteiger partial charge in [0.1, 0.15) is 5.75 Å². The standard InChI is InChI=1S/C23H19ClN2O3/c1-12-20-21(14-3-2-4-17(27)9-14)22-18(25-23(20)29-26-12)10-15(11-19(22)28)13-5-7-16(24)8-6-13/h2-9,15,21,25,27H,10-11H2,1H3/t15-,21+/m1/s1. The summed E-state index contributed by atoms with van der Waals surface area (Å²) in [4.78, 5) is 13.4. The van der Waals surface area contributed by atoms with Crippen molar-refractivity contribution in [2.24, 2.45) is 0 Å². The Morgan fingerprint density at radius 3 is 2.69 bits per heavy atom. The third kappa shape index (κ3) is 3.02. The highest BCUT2D eigenvalue weighted by Gasteiger charge is 2.41. The van der Waals surface area contributed by atoms with Gasteiger partial charge >= 0.3 is 0 Å². The van der Waals surface area contributed by atoms with Crippen LogP contribution in [-0.4, -0.2) is 16.0 Å². The fourth-order valence-electron chi connectivity index (χ4n) is 4.48. The second-order valence-electron chi connectivity index (χ2n) is 7.64. The molecule has 0 radical (unpaired) electrons. The third-order valence-electron chi connectivity index (χ3n) is 5.80. The number of benzene rings is 2. The van der Waals surface area contributed by atoms with E-state index in [1.807, 2.05) is 37.3 Å². The van der Waals surface area contributed by atoms with E-state index >= 15 is 0 Å². The number of halogens is 1. The summed E-state index contributed by atoms with van der Waals surface area (Å²) in [5.41, 5.74) is 5.12. The number of aryl methyl sites for hydroxylation is 1. The van der Waals surface area contributed by atoms with Crippen molar-refractivity contribution in [2.45, 2.75) is 31.6 Å². The molecule has 2 aliphatic rings. The van der Waals surface area contributed by atoms with E-state index in [2.05, 4.69) is 10.5 Å². The second kappa shape index (κ2) is 6.78. The van der Waals surface area contributed by atoms with Crippen LogP contribution in [0.4, 0.5) is 5.88 Å². The van der Waals surface area contributed by atoms with Crippen molar-refractivity contribution < 1.29 is 14.4 Å². The van der Waals surface area contributed by atoms with Gasteiger partial charge in [0.05, 0.1) is 11.3 Å². The zero-order valence-electron chi connectivity index (χ0n) is 15.8. The van der Waals surface area contributed by atoms with Crippen LogP contribution in [0.15, 0.2) is 64.3 Å². The summed E-state index contributed by atoms with van der Waals surface area (Å²) in [6.07, 6.45) is 1.12. The van der Waals surface area contributed by atoms with Gasteiger partial charge in [0.2, 0.25) is 5.88 Å². The number of rotatable bonds is 2.